The molecule has 1 amide bonds. The Labute approximate surface area is 164 Å². The van der Waals surface area contributed by atoms with Gasteiger partial charge in [0.25, 0.3) is 0 Å². The van der Waals surface area contributed by atoms with Crippen LogP contribution in [0.1, 0.15) is 10.4 Å². The maximum absolute atomic E-state index is 12.7. The molecule has 0 saturated heterocycles. The van der Waals surface area contributed by atoms with E-state index in [4.69, 9.17) is 10.5 Å². The van der Waals surface area contributed by atoms with E-state index in [9.17, 15) is 9.59 Å². The molecule has 0 aliphatic heterocycles. The van der Waals surface area contributed by atoms with Crippen molar-refractivity contribution in [2.24, 2.45) is 0 Å². The van der Waals surface area contributed by atoms with Crippen molar-refractivity contribution in [2.75, 3.05) is 18.2 Å². The Morgan fingerprint density at radius 3 is 2.76 bits per heavy atom. The molecule has 2 aromatic carbocycles. The van der Waals surface area contributed by atoms with Crippen LogP contribution in [0.2, 0.25) is 0 Å². The number of esters is 1. The first-order valence-electron chi connectivity index (χ1n) is 8.58. The van der Waals surface area contributed by atoms with Gasteiger partial charge in [0, 0.05) is 5.69 Å². The number of aromatic nitrogens is 4. The van der Waals surface area contributed by atoms with Crippen LogP contribution in [0.25, 0.3) is 22.6 Å². The van der Waals surface area contributed by atoms with Crippen LogP contribution < -0.4 is 11.1 Å². The van der Waals surface area contributed by atoms with Gasteiger partial charge in [0.2, 0.25) is 5.91 Å². The highest BCUT2D eigenvalue weighted by molar-refractivity contribution is 5.95. The number of benzene rings is 2. The number of anilines is 2. The number of nitrogens with two attached hydrogens (primary N) is 1. The Morgan fingerprint density at radius 1 is 1.17 bits per heavy atom. The Balaban J connectivity index is 1.65. The molecule has 0 fully saturated rings. The second-order valence-corrected chi connectivity index (χ2v) is 6.13. The molecule has 2 aromatic heterocycles. The minimum Gasteiger partial charge on any atom is -0.465 e. The van der Waals surface area contributed by atoms with Gasteiger partial charge in [0.05, 0.1) is 23.7 Å². The van der Waals surface area contributed by atoms with Gasteiger partial charge in [0.1, 0.15) is 6.54 Å². The monoisotopic (exact) mass is 392 g/mol. The van der Waals surface area contributed by atoms with E-state index in [-0.39, 0.29) is 24.0 Å². The molecule has 0 atom stereocenters. The number of rotatable bonds is 5. The number of methoxy groups -OCH3 is 1. The molecule has 2 heterocycles. The maximum Gasteiger partial charge on any atom is 0.337 e. The second-order valence-electron chi connectivity index (χ2n) is 6.13. The van der Waals surface area contributed by atoms with Gasteiger partial charge in [-0.15, -0.1) is 0 Å². The van der Waals surface area contributed by atoms with E-state index in [0.29, 0.717) is 22.6 Å². The number of para-hydroxylation sites is 2. The van der Waals surface area contributed by atoms with Crippen LogP contribution in [0.3, 0.4) is 0 Å². The van der Waals surface area contributed by atoms with E-state index in [2.05, 4.69) is 25.2 Å². The number of ether oxygens (including phenoxy) is 1. The van der Waals surface area contributed by atoms with Crippen LogP contribution in [0, 0.1) is 0 Å². The molecule has 0 unspecified atom stereocenters. The van der Waals surface area contributed by atoms with Crippen LogP contribution in [-0.2, 0) is 16.1 Å². The summed E-state index contributed by atoms with van der Waals surface area (Å²) >= 11 is 0. The predicted molar refractivity (Wildman–Crippen MR) is 104 cm³/mol. The van der Waals surface area contributed by atoms with E-state index >= 15 is 0 Å². The molecule has 0 bridgehead atoms. The van der Waals surface area contributed by atoms with E-state index < -0.39 is 5.97 Å². The first-order valence-corrected chi connectivity index (χ1v) is 8.58. The molecular weight excluding hydrogens is 376 g/mol. The number of nitrogen functional groups attached to an aromatic ring is 1. The minimum atomic E-state index is -0.488. The van der Waals surface area contributed by atoms with Crippen molar-refractivity contribution in [3.63, 3.8) is 0 Å². The lowest BCUT2D eigenvalue weighted by molar-refractivity contribution is -0.116. The van der Waals surface area contributed by atoms with Gasteiger partial charge < -0.3 is 20.4 Å². The molecule has 146 valence electrons. The lowest BCUT2D eigenvalue weighted by Crippen LogP contribution is -2.19. The molecule has 0 aliphatic carbocycles. The number of nitrogens with zero attached hydrogens (tertiary/aromatic N) is 4. The van der Waals surface area contributed by atoms with Crippen molar-refractivity contribution in [2.45, 2.75) is 6.54 Å². The van der Waals surface area contributed by atoms with Crippen molar-refractivity contribution in [1.82, 2.24) is 19.9 Å². The van der Waals surface area contributed by atoms with E-state index in [0.717, 1.165) is 5.52 Å². The zero-order chi connectivity index (χ0) is 20.4. The van der Waals surface area contributed by atoms with Crippen LogP contribution in [0.15, 0.2) is 53.2 Å². The predicted octanol–water partition coefficient (Wildman–Crippen LogP) is 2.09. The van der Waals surface area contributed by atoms with Gasteiger partial charge in [-0.1, -0.05) is 18.2 Å². The zero-order valence-corrected chi connectivity index (χ0v) is 15.3. The third-order valence-electron chi connectivity index (χ3n) is 4.25. The topological polar surface area (TPSA) is 138 Å². The maximum atomic E-state index is 12.7. The highest BCUT2D eigenvalue weighted by Gasteiger charge is 2.20. The van der Waals surface area contributed by atoms with Gasteiger partial charge in [-0.05, 0) is 40.6 Å². The molecule has 0 spiro atoms. The average Bonchev–Trinajstić information content (AvgIpc) is 3.31. The summed E-state index contributed by atoms with van der Waals surface area (Å²) in [5.74, 6) is -0.374. The van der Waals surface area contributed by atoms with Crippen molar-refractivity contribution in [1.29, 1.82) is 0 Å². The summed E-state index contributed by atoms with van der Waals surface area (Å²) in [5, 5.41) is 10.1. The normalized spacial score (nSPS) is 10.8. The summed E-state index contributed by atoms with van der Waals surface area (Å²) in [5.41, 5.74) is 8.26. The number of fused-ring (bicyclic) bond motifs is 1. The molecule has 29 heavy (non-hydrogen) atoms. The number of imidazole rings is 1. The van der Waals surface area contributed by atoms with E-state index in [1.54, 1.807) is 22.8 Å². The molecule has 10 heteroatoms. The molecule has 4 aromatic rings. The van der Waals surface area contributed by atoms with Crippen LogP contribution >= 0.6 is 0 Å². The molecule has 4 rings (SSSR count). The van der Waals surface area contributed by atoms with Crippen molar-refractivity contribution < 1.29 is 19.0 Å². The van der Waals surface area contributed by atoms with Crippen molar-refractivity contribution in [3.8, 4) is 11.5 Å². The molecule has 10 nitrogen and oxygen atoms in total. The summed E-state index contributed by atoms with van der Waals surface area (Å²) < 4.78 is 11.0. The molecule has 3 N–H and O–H groups in total. The summed E-state index contributed by atoms with van der Waals surface area (Å²) in [6, 6.07) is 13.8. The number of nitrogens with one attached hydrogen (secondary N) is 1. The second kappa shape index (κ2) is 7.43. The van der Waals surface area contributed by atoms with E-state index in [1.165, 1.54) is 13.2 Å². The highest BCUT2D eigenvalue weighted by atomic mass is 16.6. The standard InChI is InChI=1S/C19H16N6O4/c1-28-19(27)11-5-4-6-12(9-11)21-15(26)10-25-14-8-3-2-7-13(14)22-18(25)16-17(20)24-29-23-16/h2-9H,10H2,1H3,(H2,20,24)(H,21,26). The van der Waals surface area contributed by atoms with Gasteiger partial charge >= 0.3 is 5.97 Å². The first kappa shape index (κ1) is 18.2. The third kappa shape index (κ3) is 3.50. The van der Waals surface area contributed by atoms with Gasteiger partial charge in [0.15, 0.2) is 17.3 Å². The smallest absolute Gasteiger partial charge is 0.337 e. The molecule has 0 saturated carbocycles. The molecular formula is C19H16N6O4. The summed E-state index contributed by atoms with van der Waals surface area (Å²) in [4.78, 5) is 28.9. The number of hydrogen-bond acceptors (Lipinski definition) is 8. The zero-order valence-electron chi connectivity index (χ0n) is 15.3. The van der Waals surface area contributed by atoms with Gasteiger partial charge in [-0.2, -0.15) is 0 Å². The Kier molecular flexibility index (Phi) is 4.65. The van der Waals surface area contributed by atoms with E-state index in [1.807, 2.05) is 24.3 Å². The largest absolute Gasteiger partial charge is 0.465 e. The summed E-state index contributed by atoms with van der Waals surface area (Å²) in [7, 11) is 1.30. The van der Waals surface area contributed by atoms with Gasteiger partial charge in [-0.3, -0.25) is 4.79 Å². The molecule has 0 radical (unpaired) electrons. The third-order valence-corrected chi connectivity index (χ3v) is 4.25. The number of hydrogen-bond donors (Lipinski definition) is 2. The Bertz CT molecular complexity index is 1210. The minimum absolute atomic E-state index is 0.0649. The quantitative estimate of drug-likeness (QED) is 0.492. The number of amides is 1. The van der Waals surface area contributed by atoms with Crippen molar-refractivity contribution in [3.05, 3.63) is 54.1 Å². The van der Waals surface area contributed by atoms with Crippen molar-refractivity contribution >= 4 is 34.4 Å². The lowest BCUT2D eigenvalue weighted by Gasteiger charge is -2.10. The Morgan fingerprint density at radius 2 is 2.00 bits per heavy atom. The first-order chi connectivity index (χ1) is 14.1. The van der Waals surface area contributed by atoms with Gasteiger partial charge in [-0.25, -0.2) is 14.4 Å². The number of carbonyl (C=O) groups is 2. The SMILES string of the molecule is COC(=O)c1cccc(NC(=O)Cn2c(-c3nonc3N)nc3ccccc32)c1. The Hall–Kier alpha value is -4.21. The number of carbonyl (C=O) groups excluding carboxylic acids is 2. The van der Waals surface area contributed by atoms with Crippen LogP contribution in [0.4, 0.5) is 11.5 Å². The van der Waals surface area contributed by atoms with Crippen LogP contribution in [0.5, 0.6) is 0 Å². The summed E-state index contributed by atoms with van der Waals surface area (Å²) in [6.07, 6.45) is 0. The fraction of sp³-hybridized carbons (Fsp3) is 0.105. The fourth-order valence-electron chi connectivity index (χ4n) is 2.95. The fourth-order valence-corrected chi connectivity index (χ4v) is 2.95. The molecule has 0 aliphatic rings. The van der Waals surface area contributed by atoms with Crippen LogP contribution in [-0.4, -0.2) is 38.9 Å². The lowest BCUT2D eigenvalue weighted by atomic mass is 10.2. The summed E-state index contributed by atoms with van der Waals surface area (Å²) in [6.45, 7) is -0.0649. The average molecular weight is 392 g/mol. The highest BCUT2D eigenvalue weighted by Crippen LogP contribution is 2.26.